The van der Waals surface area contributed by atoms with Gasteiger partial charge in [0.05, 0.1) is 16.7 Å². The van der Waals surface area contributed by atoms with Crippen LogP contribution in [0.3, 0.4) is 0 Å². The Morgan fingerprint density at radius 2 is 2.00 bits per heavy atom. The second-order valence-electron chi connectivity index (χ2n) is 6.10. The van der Waals surface area contributed by atoms with E-state index in [-0.39, 0.29) is 12.1 Å². The fourth-order valence-electron chi connectivity index (χ4n) is 2.35. The van der Waals surface area contributed by atoms with Crippen molar-refractivity contribution in [2.75, 3.05) is 13.6 Å². The number of hydrogen-bond acceptors (Lipinski definition) is 3. The number of carbonyl (C=O) groups excluding carboxylic acids is 1. The van der Waals surface area contributed by atoms with Crippen LogP contribution in [0.15, 0.2) is 24.5 Å². The van der Waals surface area contributed by atoms with Gasteiger partial charge in [-0.25, -0.2) is 9.78 Å². The summed E-state index contributed by atoms with van der Waals surface area (Å²) in [5.41, 5.74) is 1.03. The Morgan fingerprint density at radius 3 is 2.57 bits per heavy atom. The van der Waals surface area contributed by atoms with E-state index in [1.165, 1.54) is 0 Å². The number of nitrogens with zero attached hydrogens (tertiary/aromatic N) is 3. The van der Waals surface area contributed by atoms with E-state index in [1.807, 2.05) is 43.1 Å². The molecule has 2 rings (SSSR count). The molecule has 0 aliphatic carbocycles. The first-order valence-corrected chi connectivity index (χ1v) is 8.80. The van der Waals surface area contributed by atoms with Gasteiger partial charge in [0.2, 0.25) is 0 Å². The largest absolute Gasteiger partial charge is 0.353 e. The van der Waals surface area contributed by atoms with Crippen molar-refractivity contribution in [3.05, 3.63) is 40.1 Å². The molecule has 1 N–H and O–H groups in total. The van der Waals surface area contributed by atoms with Crippen molar-refractivity contribution in [3.8, 4) is 0 Å². The number of aryl methyl sites for hydroxylation is 1. The van der Waals surface area contributed by atoms with E-state index in [0.717, 1.165) is 22.1 Å². The summed E-state index contributed by atoms with van der Waals surface area (Å²) in [7, 11) is 1.84. The number of hydrogen-bond donors (Lipinski definition) is 1. The molecule has 0 unspecified atom stereocenters. The number of aromatic nitrogens is 2. The number of nitrogens with one attached hydrogen (secondary N) is 1. The van der Waals surface area contributed by atoms with Crippen molar-refractivity contribution < 1.29 is 4.79 Å². The van der Waals surface area contributed by atoms with Crippen molar-refractivity contribution >= 4 is 17.4 Å². The average molecular weight is 334 g/mol. The van der Waals surface area contributed by atoms with Crippen LogP contribution in [0.4, 0.5) is 4.79 Å². The molecule has 0 aliphatic heterocycles. The second-order valence-corrected chi connectivity index (χ2v) is 7.16. The molecule has 2 aromatic rings. The van der Waals surface area contributed by atoms with Crippen molar-refractivity contribution in [2.45, 2.75) is 46.2 Å². The van der Waals surface area contributed by atoms with Crippen LogP contribution in [-0.4, -0.2) is 34.1 Å². The highest BCUT2D eigenvalue weighted by Crippen LogP contribution is 2.31. The maximum absolute atomic E-state index is 12.3. The molecule has 126 valence electrons. The van der Waals surface area contributed by atoms with Gasteiger partial charge in [0.15, 0.2) is 0 Å². The lowest BCUT2D eigenvalue weighted by Gasteiger charge is -2.24. The van der Waals surface area contributed by atoms with Gasteiger partial charge >= 0.3 is 6.03 Å². The van der Waals surface area contributed by atoms with Gasteiger partial charge < -0.3 is 14.8 Å². The summed E-state index contributed by atoms with van der Waals surface area (Å²) < 4.78 is 2.05. The molecular weight excluding hydrogens is 308 g/mol. The molecule has 23 heavy (non-hydrogen) atoms. The lowest BCUT2D eigenvalue weighted by molar-refractivity contribution is 0.194. The minimum atomic E-state index is -0.0523. The van der Waals surface area contributed by atoms with E-state index in [9.17, 15) is 4.79 Å². The van der Waals surface area contributed by atoms with E-state index in [4.69, 9.17) is 0 Å². The van der Waals surface area contributed by atoms with Crippen LogP contribution < -0.4 is 5.32 Å². The smallest absolute Gasteiger partial charge is 0.317 e. The number of carbonyl (C=O) groups is 1. The predicted octanol–water partition coefficient (Wildman–Crippen LogP) is 3.78. The van der Waals surface area contributed by atoms with Gasteiger partial charge in [0.25, 0.3) is 0 Å². The Labute approximate surface area is 142 Å². The maximum Gasteiger partial charge on any atom is 0.317 e. The molecule has 0 aromatic carbocycles. The number of urea groups is 1. The molecule has 1 atom stereocenters. The van der Waals surface area contributed by atoms with Gasteiger partial charge in [-0.3, -0.25) is 0 Å². The third kappa shape index (κ3) is 4.34. The standard InChI is InChI=1S/C17H26N4OS/c1-12(2)16-19-13(3)15(23-16)14(4)20(5)17(22)18-8-11-21-9-6-7-10-21/h6-7,9-10,12,14H,8,11H2,1-5H3,(H,18,22)/t14-/m0/s1. The second kappa shape index (κ2) is 7.64. The van der Waals surface area contributed by atoms with Crippen molar-refractivity contribution in [1.29, 1.82) is 0 Å². The van der Waals surface area contributed by atoms with Crippen LogP contribution >= 0.6 is 11.3 Å². The first kappa shape index (κ1) is 17.5. The molecule has 0 aliphatic rings. The van der Waals surface area contributed by atoms with E-state index in [1.54, 1.807) is 16.2 Å². The average Bonchev–Trinajstić information content (AvgIpc) is 3.15. The van der Waals surface area contributed by atoms with Crippen LogP contribution in [0.5, 0.6) is 0 Å². The minimum Gasteiger partial charge on any atom is -0.353 e. The van der Waals surface area contributed by atoms with Crippen LogP contribution in [-0.2, 0) is 6.54 Å². The highest BCUT2D eigenvalue weighted by atomic mass is 32.1. The highest BCUT2D eigenvalue weighted by molar-refractivity contribution is 7.11. The fourth-order valence-corrected chi connectivity index (χ4v) is 3.52. The Bertz CT molecular complexity index is 633. The fraction of sp³-hybridized carbons (Fsp3) is 0.529. The third-order valence-corrected chi connectivity index (χ3v) is 5.56. The Morgan fingerprint density at radius 1 is 1.35 bits per heavy atom. The van der Waals surface area contributed by atoms with Crippen molar-refractivity contribution in [3.63, 3.8) is 0 Å². The van der Waals surface area contributed by atoms with E-state index < -0.39 is 0 Å². The van der Waals surface area contributed by atoms with Crippen molar-refractivity contribution in [1.82, 2.24) is 19.8 Å². The number of rotatable bonds is 6. The predicted molar refractivity (Wildman–Crippen MR) is 94.9 cm³/mol. The minimum absolute atomic E-state index is 0.0200. The summed E-state index contributed by atoms with van der Waals surface area (Å²) in [6.45, 7) is 9.75. The molecule has 2 aromatic heterocycles. The zero-order chi connectivity index (χ0) is 17.0. The summed E-state index contributed by atoms with van der Waals surface area (Å²) in [5, 5.41) is 4.10. The number of amides is 2. The lowest BCUT2D eigenvalue weighted by atomic mass is 10.2. The molecule has 0 saturated heterocycles. The molecule has 5 nitrogen and oxygen atoms in total. The lowest BCUT2D eigenvalue weighted by Crippen LogP contribution is -2.39. The first-order valence-electron chi connectivity index (χ1n) is 7.98. The van der Waals surface area contributed by atoms with Gasteiger partial charge in [0, 0.05) is 43.3 Å². The van der Waals surface area contributed by atoms with Crippen LogP contribution in [0.2, 0.25) is 0 Å². The number of thiazole rings is 1. The molecule has 0 bridgehead atoms. The Kier molecular flexibility index (Phi) is 5.82. The molecule has 0 saturated carbocycles. The van der Waals surface area contributed by atoms with Gasteiger partial charge in [-0.15, -0.1) is 11.3 Å². The van der Waals surface area contributed by atoms with Crippen LogP contribution in [0, 0.1) is 6.92 Å². The van der Waals surface area contributed by atoms with Gasteiger partial charge in [-0.05, 0) is 26.0 Å². The first-order chi connectivity index (χ1) is 10.9. The van der Waals surface area contributed by atoms with E-state index >= 15 is 0 Å². The van der Waals surface area contributed by atoms with E-state index in [0.29, 0.717) is 12.5 Å². The third-order valence-electron chi connectivity index (χ3n) is 3.94. The summed E-state index contributed by atoms with van der Waals surface area (Å²) >= 11 is 1.71. The molecule has 0 fully saturated rings. The molecule has 2 heterocycles. The summed E-state index contributed by atoms with van der Waals surface area (Å²) in [6.07, 6.45) is 3.99. The Balaban J connectivity index is 1.92. The van der Waals surface area contributed by atoms with Crippen LogP contribution in [0.25, 0.3) is 0 Å². The maximum atomic E-state index is 12.3. The molecule has 6 heteroatoms. The van der Waals surface area contributed by atoms with Gasteiger partial charge in [0.1, 0.15) is 0 Å². The summed E-state index contributed by atoms with van der Waals surface area (Å²) in [5.74, 6) is 0.417. The van der Waals surface area contributed by atoms with Gasteiger partial charge in [-0.2, -0.15) is 0 Å². The highest BCUT2D eigenvalue weighted by Gasteiger charge is 2.22. The van der Waals surface area contributed by atoms with Gasteiger partial charge in [-0.1, -0.05) is 13.8 Å². The van der Waals surface area contributed by atoms with E-state index in [2.05, 4.69) is 31.1 Å². The topological polar surface area (TPSA) is 50.2 Å². The molecule has 2 amide bonds. The molecule has 0 radical (unpaired) electrons. The normalized spacial score (nSPS) is 12.4. The van der Waals surface area contributed by atoms with Crippen molar-refractivity contribution in [2.24, 2.45) is 0 Å². The summed E-state index contributed by atoms with van der Waals surface area (Å²) in [4.78, 5) is 19.9. The zero-order valence-corrected chi connectivity index (χ0v) is 15.4. The zero-order valence-electron chi connectivity index (χ0n) is 14.5. The Hall–Kier alpha value is -1.82. The summed E-state index contributed by atoms with van der Waals surface area (Å²) in [6, 6.07) is 3.93. The quantitative estimate of drug-likeness (QED) is 0.874. The molecular formula is C17H26N4OS. The monoisotopic (exact) mass is 334 g/mol. The molecule has 0 spiro atoms. The van der Waals surface area contributed by atoms with Crippen LogP contribution in [0.1, 0.15) is 48.3 Å². The SMILES string of the molecule is Cc1nc(C(C)C)sc1[C@H](C)N(C)C(=O)NCCn1cccc1.